The molecule has 3 heterocycles. The fraction of sp³-hybridized carbons (Fsp3) is 0.0625. The van der Waals surface area contributed by atoms with Gasteiger partial charge in [-0.05, 0) is 29.8 Å². The van der Waals surface area contributed by atoms with Crippen LogP contribution >= 0.6 is 11.3 Å². The topological polar surface area (TPSA) is 37.9 Å². The highest BCUT2D eigenvalue weighted by Crippen LogP contribution is 2.37. The Morgan fingerprint density at radius 1 is 1.10 bits per heavy atom. The van der Waals surface area contributed by atoms with Crippen LogP contribution in [-0.4, -0.2) is 17.1 Å². The highest BCUT2D eigenvalue weighted by atomic mass is 32.1. The Bertz CT molecular complexity index is 940. The van der Waals surface area contributed by atoms with Crippen LogP contribution in [0.25, 0.3) is 31.7 Å². The maximum Gasteiger partial charge on any atom is 0.213 e. The summed E-state index contributed by atoms with van der Waals surface area (Å²) in [4.78, 5) is 8.93. The number of halogens is 1. The van der Waals surface area contributed by atoms with E-state index in [4.69, 9.17) is 4.74 Å². The van der Waals surface area contributed by atoms with Gasteiger partial charge in [0.25, 0.3) is 0 Å². The largest absolute Gasteiger partial charge is 0.481 e. The summed E-state index contributed by atoms with van der Waals surface area (Å²) in [6.07, 6.45) is 0. The summed E-state index contributed by atoms with van der Waals surface area (Å²) in [6.45, 7) is 0. The molecule has 4 rings (SSSR count). The SMILES string of the molecule is COc1ccc2[nH]c3cc(-c4ccc(F)cc4)sc3c2n1. The Hall–Kier alpha value is -2.40. The van der Waals surface area contributed by atoms with Crippen molar-refractivity contribution >= 4 is 32.6 Å². The minimum atomic E-state index is -0.224. The number of pyridine rings is 1. The number of thiophene rings is 1. The Labute approximate surface area is 124 Å². The third-order valence-corrected chi connectivity index (χ3v) is 4.61. The molecule has 0 unspecified atom stereocenters. The Balaban J connectivity index is 1.91. The molecule has 0 aliphatic carbocycles. The molecule has 0 aliphatic heterocycles. The molecule has 0 saturated carbocycles. The van der Waals surface area contributed by atoms with Crippen molar-refractivity contribution in [1.29, 1.82) is 0 Å². The van der Waals surface area contributed by atoms with Crippen LogP contribution in [0, 0.1) is 5.82 Å². The van der Waals surface area contributed by atoms with Gasteiger partial charge in [-0.15, -0.1) is 11.3 Å². The molecule has 0 amide bonds. The number of benzene rings is 1. The predicted octanol–water partition coefficient (Wildman–Crippen LogP) is 4.59. The minimum absolute atomic E-state index is 0.224. The second-order valence-corrected chi connectivity index (χ2v) is 5.79. The van der Waals surface area contributed by atoms with E-state index in [9.17, 15) is 4.39 Å². The van der Waals surface area contributed by atoms with Crippen LogP contribution in [0.4, 0.5) is 4.39 Å². The number of ether oxygens (including phenoxy) is 1. The van der Waals surface area contributed by atoms with E-state index in [2.05, 4.69) is 16.0 Å². The van der Waals surface area contributed by atoms with Gasteiger partial charge in [0.2, 0.25) is 5.88 Å². The van der Waals surface area contributed by atoms with Crippen molar-refractivity contribution in [1.82, 2.24) is 9.97 Å². The number of methoxy groups -OCH3 is 1. The molecule has 0 spiro atoms. The Morgan fingerprint density at radius 2 is 1.90 bits per heavy atom. The lowest BCUT2D eigenvalue weighted by Gasteiger charge is -1.98. The van der Waals surface area contributed by atoms with Gasteiger partial charge in [0.1, 0.15) is 11.3 Å². The summed E-state index contributed by atoms with van der Waals surface area (Å²) >= 11 is 1.64. The standard InChI is InChI=1S/C16H11FN2OS/c1-20-14-7-6-11-15(19-14)16-12(18-11)8-13(21-16)9-2-4-10(17)5-3-9/h2-8,18H,1H3. The fourth-order valence-electron chi connectivity index (χ4n) is 2.39. The number of fused-ring (bicyclic) bond motifs is 3. The van der Waals surface area contributed by atoms with E-state index in [-0.39, 0.29) is 5.82 Å². The first-order chi connectivity index (χ1) is 10.2. The van der Waals surface area contributed by atoms with Crippen molar-refractivity contribution in [3.8, 4) is 16.3 Å². The number of aromatic amines is 1. The second kappa shape index (κ2) is 4.56. The van der Waals surface area contributed by atoms with Gasteiger partial charge in [-0.3, -0.25) is 0 Å². The lowest BCUT2D eigenvalue weighted by molar-refractivity contribution is 0.399. The third-order valence-electron chi connectivity index (χ3n) is 3.42. The number of aromatic nitrogens is 2. The Morgan fingerprint density at radius 3 is 2.67 bits per heavy atom. The van der Waals surface area contributed by atoms with Crippen molar-refractivity contribution in [2.45, 2.75) is 0 Å². The molecular formula is C16H11FN2OS. The molecule has 4 aromatic rings. The number of nitrogens with zero attached hydrogens (tertiary/aromatic N) is 1. The summed E-state index contributed by atoms with van der Waals surface area (Å²) in [5.74, 6) is 0.373. The summed E-state index contributed by atoms with van der Waals surface area (Å²) in [6, 6.07) is 12.4. The predicted molar refractivity (Wildman–Crippen MR) is 83.4 cm³/mol. The maximum absolute atomic E-state index is 13.0. The molecule has 5 heteroatoms. The summed E-state index contributed by atoms with van der Waals surface area (Å²) in [7, 11) is 1.61. The average molecular weight is 298 g/mol. The molecule has 0 saturated heterocycles. The van der Waals surface area contributed by atoms with Crippen LogP contribution in [0.3, 0.4) is 0 Å². The first-order valence-corrected chi connectivity index (χ1v) is 7.28. The first kappa shape index (κ1) is 12.3. The number of hydrogen-bond acceptors (Lipinski definition) is 3. The van der Waals surface area contributed by atoms with Crippen molar-refractivity contribution in [3.05, 3.63) is 48.3 Å². The summed E-state index contributed by atoms with van der Waals surface area (Å²) in [5.41, 5.74) is 3.93. The van der Waals surface area contributed by atoms with E-state index in [0.29, 0.717) is 5.88 Å². The molecule has 3 nitrogen and oxygen atoms in total. The van der Waals surface area contributed by atoms with Crippen LogP contribution in [-0.2, 0) is 0 Å². The number of nitrogens with one attached hydrogen (secondary N) is 1. The summed E-state index contributed by atoms with van der Waals surface area (Å²) < 4.78 is 19.3. The molecule has 3 aromatic heterocycles. The molecule has 1 aromatic carbocycles. The molecule has 21 heavy (non-hydrogen) atoms. The van der Waals surface area contributed by atoms with Gasteiger partial charge in [-0.2, -0.15) is 0 Å². The first-order valence-electron chi connectivity index (χ1n) is 6.47. The van der Waals surface area contributed by atoms with Gasteiger partial charge in [0.05, 0.1) is 22.8 Å². The van der Waals surface area contributed by atoms with Crippen molar-refractivity contribution in [3.63, 3.8) is 0 Å². The highest BCUT2D eigenvalue weighted by Gasteiger charge is 2.12. The monoisotopic (exact) mass is 298 g/mol. The molecule has 0 atom stereocenters. The number of hydrogen-bond donors (Lipinski definition) is 1. The van der Waals surface area contributed by atoms with Crippen LogP contribution in [0.2, 0.25) is 0 Å². The lowest BCUT2D eigenvalue weighted by atomic mass is 10.2. The molecule has 0 bridgehead atoms. The quantitative estimate of drug-likeness (QED) is 0.587. The van der Waals surface area contributed by atoms with Crippen molar-refractivity contribution in [2.75, 3.05) is 7.11 Å². The fourth-order valence-corrected chi connectivity index (χ4v) is 3.51. The van der Waals surface area contributed by atoms with Crippen LogP contribution < -0.4 is 4.74 Å². The molecule has 0 radical (unpaired) electrons. The van der Waals surface area contributed by atoms with Crippen LogP contribution in [0.15, 0.2) is 42.5 Å². The maximum atomic E-state index is 13.0. The molecule has 0 fully saturated rings. The van der Waals surface area contributed by atoms with Crippen molar-refractivity contribution in [2.24, 2.45) is 0 Å². The van der Waals surface area contributed by atoms with Crippen LogP contribution in [0.1, 0.15) is 0 Å². The van der Waals surface area contributed by atoms with Gasteiger partial charge >= 0.3 is 0 Å². The van der Waals surface area contributed by atoms with Gasteiger partial charge in [0, 0.05) is 10.9 Å². The van der Waals surface area contributed by atoms with Crippen LogP contribution in [0.5, 0.6) is 5.88 Å². The molecular weight excluding hydrogens is 287 g/mol. The zero-order chi connectivity index (χ0) is 14.4. The van der Waals surface area contributed by atoms with Gasteiger partial charge in [0.15, 0.2) is 0 Å². The van der Waals surface area contributed by atoms with E-state index < -0.39 is 0 Å². The highest BCUT2D eigenvalue weighted by molar-refractivity contribution is 7.23. The second-order valence-electron chi connectivity index (χ2n) is 4.74. The summed E-state index contributed by atoms with van der Waals surface area (Å²) in [5, 5.41) is 0. The van der Waals surface area contributed by atoms with E-state index in [1.165, 1.54) is 12.1 Å². The lowest BCUT2D eigenvalue weighted by Crippen LogP contribution is -1.85. The van der Waals surface area contributed by atoms with E-state index in [0.717, 1.165) is 31.7 Å². The zero-order valence-corrected chi connectivity index (χ0v) is 12.0. The van der Waals surface area contributed by atoms with Gasteiger partial charge in [-0.25, -0.2) is 9.37 Å². The van der Waals surface area contributed by atoms with Gasteiger partial charge in [-0.1, -0.05) is 12.1 Å². The molecule has 0 aliphatic rings. The van der Waals surface area contributed by atoms with E-state index in [1.807, 2.05) is 12.1 Å². The smallest absolute Gasteiger partial charge is 0.213 e. The van der Waals surface area contributed by atoms with E-state index >= 15 is 0 Å². The molecule has 104 valence electrons. The normalized spacial score (nSPS) is 11.3. The number of rotatable bonds is 2. The third kappa shape index (κ3) is 1.97. The van der Waals surface area contributed by atoms with Crippen molar-refractivity contribution < 1.29 is 9.13 Å². The van der Waals surface area contributed by atoms with Gasteiger partial charge < -0.3 is 9.72 Å². The Kier molecular flexibility index (Phi) is 2.68. The molecule has 1 N–H and O–H groups in total. The average Bonchev–Trinajstić information content (AvgIpc) is 3.05. The van der Waals surface area contributed by atoms with E-state index in [1.54, 1.807) is 30.6 Å². The minimum Gasteiger partial charge on any atom is -0.481 e. The number of H-pyrrole nitrogens is 1. The zero-order valence-electron chi connectivity index (χ0n) is 11.2.